The van der Waals surface area contributed by atoms with Crippen LogP contribution >= 0.6 is 15.9 Å². The van der Waals surface area contributed by atoms with Gasteiger partial charge in [0.2, 0.25) is 0 Å². The predicted octanol–water partition coefficient (Wildman–Crippen LogP) is 4.00. The van der Waals surface area contributed by atoms with Crippen LogP contribution in [0.2, 0.25) is 0 Å². The lowest BCUT2D eigenvalue weighted by atomic mass is 10.2. The molecule has 138 valence electrons. The van der Waals surface area contributed by atoms with Crippen LogP contribution in [0.25, 0.3) is 5.70 Å². The fourth-order valence-electron chi connectivity index (χ4n) is 2.94. The summed E-state index contributed by atoms with van der Waals surface area (Å²) in [7, 11) is 0. The highest BCUT2D eigenvalue weighted by molar-refractivity contribution is 9.10. The molecule has 1 aromatic heterocycles. The van der Waals surface area contributed by atoms with Crippen LogP contribution in [0, 0.1) is 6.92 Å². The Hall–Kier alpha value is -1.60. The zero-order chi connectivity index (χ0) is 18.4. The number of urea groups is 1. The van der Waals surface area contributed by atoms with Crippen molar-refractivity contribution >= 4 is 33.5 Å². The summed E-state index contributed by atoms with van der Waals surface area (Å²) >= 11 is 3.47. The molecule has 1 aromatic rings. The SMILES string of the molecule is C/C=C\C=C(/CC)n1nc(Br)c(C)c1NC(=O)NC1CCN(CC)C1. The van der Waals surface area contributed by atoms with Crippen molar-refractivity contribution < 1.29 is 4.79 Å². The topological polar surface area (TPSA) is 62.2 Å². The Kier molecular flexibility index (Phi) is 7.25. The van der Waals surface area contributed by atoms with E-state index >= 15 is 0 Å². The van der Waals surface area contributed by atoms with Crippen molar-refractivity contribution in [3.63, 3.8) is 0 Å². The van der Waals surface area contributed by atoms with Gasteiger partial charge in [0, 0.05) is 30.4 Å². The molecule has 0 bridgehead atoms. The first-order valence-corrected chi connectivity index (χ1v) is 9.66. The molecule has 0 aromatic carbocycles. The highest BCUT2D eigenvalue weighted by Crippen LogP contribution is 2.27. The molecule has 25 heavy (non-hydrogen) atoms. The number of anilines is 1. The molecule has 6 nitrogen and oxygen atoms in total. The number of likely N-dealkylation sites (N-methyl/N-ethyl adjacent to an activating group) is 1. The summed E-state index contributed by atoms with van der Waals surface area (Å²) in [5.41, 5.74) is 1.93. The highest BCUT2D eigenvalue weighted by atomic mass is 79.9. The Morgan fingerprint density at radius 2 is 2.20 bits per heavy atom. The van der Waals surface area contributed by atoms with E-state index in [0.717, 1.165) is 48.3 Å². The van der Waals surface area contributed by atoms with Crippen LogP contribution in [-0.2, 0) is 0 Å². The van der Waals surface area contributed by atoms with Crippen LogP contribution in [0.15, 0.2) is 22.8 Å². The van der Waals surface area contributed by atoms with E-state index in [1.54, 1.807) is 4.68 Å². The molecule has 2 amide bonds. The molecule has 0 spiro atoms. The van der Waals surface area contributed by atoms with Crippen LogP contribution < -0.4 is 10.6 Å². The van der Waals surface area contributed by atoms with E-state index < -0.39 is 0 Å². The maximum atomic E-state index is 12.5. The molecule has 1 aliphatic heterocycles. The van der Waals surface area contributed by atoms with Crippen LogP contribution in [0.3, 0.4) is 0 Å². The molecule has 2 N–H and O–H groups in total. The minimum Gasteiger partial charge on any atom is -0.334 e. The Morgan fingerprint density at radius 1 is 1.44 bits per heavy atom. The molecule has 1 aliphatic rings. The Balaban J connectivity index is 2.14. The smallest absolute Gasteiger partial charge is 0.320 e. The van der Waals surface area contributed by atoms with Gasteiger partial charge in [0.1, 0.15) is 10.4 Å². The van der Waals surface area contributed by atoms with Crippen molar-refractivity contribution in [2.45, 2.75) is 46.6 Å². The summed E-state index contributed by atoms with van der Waals surface area (Å²) in [5.74, 6) is 0.701. The quantitative estimate of drug-likeness (QED) is 0.697. The van der Waals surface area contributed by atoms with Crippen molar-refractivity contribution in [2.75, 3.05) is 25.0 Å². The number of carbonyl (C=O) groups is 1. The van der Waals surface area contributed by atoms with Gasteiger partial charge in [0.05, 0.1) is 0 Å². The first kappa shape index (κ1) is 19.7. The van der Waals surface area contributed by atoms with Gasteiger partial charge in [-0.3, -0.25) is 5.32 Å². The molecule has 1 atom stereocenters. The number of nitrogens with one attached hydrogen (secondary N) is 2. The number of halogens is 1. The van der Waals surface area contributed by atoms with Gasteiger partial charge in [0.15, 0.2) is 0 Å². The lowest BCUT2D eigenvalue weighted by Gasteiger charge is -2.16. The number of rotatable bonds is 6. The zero-order valence-electron chi connectivity index (χ0n) is 15.5. The van der Waals surface area contributed by atoms with E-state index in [2.05, 4.69) is 50.4 Å². The maximum Gasteiger partial charge on any atom is 0.320 e. The standard InChI is InChI=1S/C18H28BrN5O/c1-5-8-9-15(6-2)24-17(13(4)16(19)22-24)21-18(25)20-14-10-11-23(7-3)12-14/h5,8-9,14H,6-7,10-12H2,1-4H3,(H2,20,21,25)/b8-5-,15-9+. The second-order valence-corrected chi connectivity index (χ2v) is 6.94. The monoisotopic (exact) mass is 409 g/mol. The molecule has 2 rings (SSSR count). The fourth-order valence-corrected chi connectivity index (χ4v) is 3.28. The molecule has 2 heterocycles. The molecule has 1 fully saturated rings. The number of carbonyl (C=O) groups excluding carboxylic acids is 1. The molecule has 1 unspecified atom stereocenters. The van der Waals surface area contributed by atoms with Crippen molar-refractivity contribution in [3.05, 3.63) is 28.4 Å². The van der Waals surface area contributed by atoms with Crippen LogP contribution in [0.1, 0.15) is 39.2 Å². The lowest BCUT2D eigenvalue weighted by molar-refractivity contribution is 0.247. The molecule has 0 radical (unpaired) electrons. The summed E-state index contributed by atoms with van der Waals surface area (Å²) in [4.78, 5) is 14.8. The summed E-state index contributed by atoms with van der Waals surface area (Å²) in [6, 6.07) is 0.0190. The first-order valence-electron chi connectivity index (χ1n) is 8.87. The minimum atomic E-state index is -0.179. The Morgan fingerprint density at radius 3 is 2.80 bits per heavy atom. The molecule has 1 saturated heterocycles. The number of likely N-dealkylation sites (tertiary alicyclic amines) is 1. The van der Waals surface area contributed by atoms with Crippen molar-refractivity contribution in [1.29, 1.82) is 0 Å². The largest absolute Gasteiger partial charge is 0.334 e. The second-order valence-electron chi connectivity index (χ2n) is 6.19. The van der Waals surface area contributed by atoms with E-state index in [1.165, 1.54) is 0 Å². The molecule has 0 saturated carbocycles. The van der Waals surface area contributed by atoms with Gasteiger partial charge >= 0.3 is 6.03 Å². The zero-order valence-corrected chi connectivity index (χ0v) is 17.1. The van der Waals surface area contributed by atoms with Crippen molar-refractivity contribution in [3.8, 4) is 0 Å². The van der Waals surface area contributed by atoms with Gasteiger partial charge in [-0.2, -0.15) is 5.10 Å². The van der Waals surface area contributed by atoms with E-state index in [4.69, 9.17) is 0 Å². The Labute approximate surface area is 158 Å². The predicted molar refractivity (Wildman–Crippen MR) is 107 cm³/mol. The van der Waals surface area contributed by atoms with Crippen LogP contribution in [0.5, 0.6) is 0 Å². The normalized spacial score (nSPS) is 18.9. The summed E-state index contributed by atoms with van der Waals surface area (Å²) in [6.45, 7) is 11.1. The van der Waals surface area contributed by atoms with Gasteiger partial charge in [-0.25, -0.2) is 9.48 Å². The number of amides is 2. The third kappa shape index (κ3) is 4.95. The molecular formula is C18H28BrN5O. The summed E-state index contributed by atoms with van der Waals surface area (Å²) in [6.07, 6.45) is 7.76. The van der Waals surface area contributed by atoms with E-state index in [9.17, 15) is 4.79 Å². The van der Waals surface area contributed by atoms with Crippen molar-refractivity contribution in [1.82, 2.24) is 20.0 Å². The second kappa shape index (κ2) is 9.20. The minimum absolute atomic E-state index is 0.179. The number of hydrogen-bond donors (Lipinski definition) is 2. The van der Waals surface area contributed by atoms with Crippen molar-refractivity contribution in [2.24, 2.45) is 0 Å². The van der Waals surface area contributed by atoms with E-state index in [0.29, 0.717) is 5.82 Å². The average Bonchev–Trinajstić information content (AvgIpc) is 3.15. The maximum absolute atomic E-state index is 12.5. The Bertz CT molecular complexity index is 665. The number of hydrogen-bond acceptors (Lipinski definition) is 3. The molecular weight excluding hydrogens is 382 g/mol. The third-order valence-corrected chi connectivity index (χ3v) is 5.22. The number of aromatic nitrogens is 2. The van der Waals surface area contributed by atoms with E-state index in [-0.39, 0.29) is 12.1 Å². The van der Waals surface area contributed by atoms with Gasteiger partial charge in [-0.1, -0.05) is 26.0 Å². The third-order valence-electron chi connectivity index (χ3n) is 4.47. The van der Waals surface area contributed by atoms with Gasteiger partial charge in [-0.05, 0) is 55.2 Å². The molecule has 0 aliphatic carbocycles. The summed E-state index contributed by atoms with van der Waals surface area (Å²) in [5, 5.41) is 10.6. The van der Waals surface area contributed by atoms with Gasteiger partial charge in [-0.15, -0.1) is 0 Å². The van der Waals surface area contributed by atoms with Crippen LogP contribution in [0.4, 0.5) is 10.6 Å². The highest BCUT2D eigenvalue weighted by Gasteiger charge is 2.24. The van der Waals surface area contributed by atoms with Crippen LogP contribution in [-0.4, -0.2) is 46.4 Å². The average molecular weight is 410 g/mol. The first-order chi connectivity index (χ1) is 12.0. The molecule has 7 heteroatoms. The van der Waals surface area contributed by atoms with Gasteiger partial charge in [0.25, 0.3) is 0 Å². The van der Waals surface area contributed by atoms with E-state index in [1.807, 2.05) is 32.1 Å². The number of nitrogens with zero attached hydrogens (tertiary/aromatic N) is 3. The lowest BCUT2D eigenvalue weighted by Crippen LogP contribution is -2.40. The summed E-state index contributed by atoms with van der Waals surface area (Å²) < 4.78 is 2.53. The van der Waals surface area contributed by atoms with Gasteiger partial charge < -0.3 is 10.2 Å². The number of allylic oxidation sites excluding steroid dienone is 4. The fraction of sp³-hybridized carbons (Fsp3) is 0.556.